The molecule has 1 aromatic rings. The van der Waals surface area contributed by atoms with Gasteiger partial charge in [0.25, 0.3) is 0 Å². The van der Waals surface area contributed by atoms with Crippen molar-refractivity contribution >= 4 is 0 Å². The number of aliphatic hydroxyl groups is 1. The lowest BCUT2D eigenvalue weighted by molar-refractivity contribution is 0.254. The Morgan fingerprint density at radius 1 is 1.48 bits per heavy atom. The van der Waals surface area contributed by atoms with Crippen LogP contribution in [0.3, 0.4) is 0 Å². The Labute approximate surface area is 126 Å². The molecule has 1 aliphatic rings. The summed E-state index contributed by atoms with van der Waals surface area (Å²) in [5.41, 5.74) is 8.14. The van der Waals surface area contributed by atoms with Gasteiger partial charge in [0.2, 0.25) is 0 Å². The molecule has 0 radical (unpaired) electrons. The van der Waals surface area contributed by atoms with Crippen molar-refractivity contribution < 1.29 is 14.6 Å². The summed E-state index contributed by atoms with van der Waals surface area (Å²) in [6, 6.07) is 4.14. The van der Waals surface area contributed by atoms with Crippen LogP contribution in [-0.4, -0.2) is 38.0 Å². The van der Waals surface area contributed by atoms with E-state index in [4.69, 9.17) is 20.3 Å². The first kappa shape index (κ1) is 16.1. The molecule has 21 heavy (non-hydrogen) atoms. The van der Waals surface area contributed by atoms with Gasteiger partial charge in [-0.15, -0.1) is 0 Å². The number of unbranched alkanes of at least 4 members (excludes halogenated alkanes) is 1. The molecule has 2 unspecified atom stereocenters. The third kappa shape index (κ3) is 3.87. The van der Waals surface area contributed by atoms with E-state index in [0.717, 1.165) is 42.9 Å². The number of rotatable bonds is 8. The molecule has 5 heteroatoms. The first-order valence-electron chi connectivity index (χ1n) is 7.61. The Hall–Kier alpha value is -1.30. The second kappa shape index (κ2) is 7.64. The standard InChI is InChI=1S/C16H26N2O3/c1-11-7-12-8-16(20-2)13(9-15(12)21-11)14(10-17)18-5-3-4-6-19/h8-9,11,14,18-19H,3-7,10,17H2,1-2H3. The van der Waals surface area contributed by atoms with E-state index in [-0.39, 0.29) is 18.8 Å². The summed E-state index contributed by atoms with van der Waals surface area (Å²) in [4.78, 5) is 0. The van der Waals surface area contributed by atoms with Crippen molar-refractivity contribution in [3.05, 3.63) is 23.3 Å². The van der Waals surface area contributed by atoms with Gasteiger partial charge in [-0.25, -0.2) is 0 Å². The summed E-state index contributed by atoms with van der Waals surface area (Å²) in [7, 11) is 1.68. The van der Waals surface area contributed by atoms with Gasteiger partial charge in [0, 0.05) is 36.7 Å². The minimum atomic E-state index is 0.0310. The largest absolute Gasteiger partial charge is 0.496 e. The molecule has 0 fully saturated rings. The van der Waals surface area contributed by atoms with Gasteiger partial charge in [-0.1, -0.05) is 0 Å². The molecule has 0 spiro atoms. The molecule has 0 bridgehead atoms. The van der Waals surface area contributed by atoms with Crippen LogP contribution in [0, 0.1) is 0 Å². The fourth-order valence-corrected chi connectivity index (χ4v) is 2.74. The van der Waals surface area contributed by atoms with Gasteiger partial charge in [0.15, 0.2) is 0 Å². The quantitative estimate of drug-likeness (QED) is 0.632. The molecule has 5 nitrogen and oxygen atoms in total. The lowest BCUT2D eigenvalue weighted by Gasteiger charge is -2.21. The van der Waals surface area contributed by atoms with Crippen LogP contribution in [0.1, 0.15) is 36.9 Å². The van der Waals surface area contributed by atoms with Crippen LogP contribution in [0.2, 0.25) is 0 Å². The van der Waals surface area contributed by atoms with Gasteiger partial charge in [-0.05, 0) is 38.4 Å². The highest BCUT2D eigenvalue weighted by atomic mass is 16.5. The second-order valence-corrected chi connectivity index (χ2v) is 5.51. The number of methoxy groups -OCH3 is 1. The van der Waals surface area contributed by atoms with Crippen molar-refractivity contribution in [2.24, 2.45) is 5.73 Å². The SMILES string of the molecule is COc1cc2c(cc1C(CN)NCCCCO)OC(C)C2. The molecule has 1 aliphatic heterocycles. The number of hydrogen-bond acceptors (Lipinski definition) is 5. The van der Waals surface area contributed by atoms with Crippen LogP contribution in [0.25, 0.3) is 0 Å². The Morgan fingerprint density at radius 2 is 2.29 bits per heavy atom. The number of nitrogens with one attached hydrogen (secondary N) is 1. The monoisotopic (exact) mass is 294 g/mol. The maximum Gasteiger partial charge on any atom is 0.124 e. The second-order valence-electron chi connectivity index (χ2n) is 5.51. The summed E-state index contributed by atoms with van der Waals surface area (Å²) < 4.78 is 11.4. The lowest BCUT2D eigenvalue weighted by Crippen LogP contribution is -2.29. The van der Waals surface area contributed by atoms with Gasteiger partial charge < -0.3 is 25.6 Å². The van der Waals surface area contributed by atoms with Crippen LogP contribution in [0.4, 0.5) is 0 Å². The van der Waals surface area contributed by atoms with E-state index in [0.29, 0.717) is 6.54 Å². The average Bonchev–Trinajstić information content (AvgIpc) is 2.85. The topological polar surface area (TPSA) is 76.7 Å². The van der Waals surface area contributed by atoms with E-state index in [1.165, 1.54) is 5.56 Å². The zero-order valence-electron chi connectivity index (χ0n) is 12.9. The summed E-state index contributed by atoms with van der Waals surface area (Å²) in [6.45, 7) is 3.60. The van der Waals surface area contributed by atoms with E-state index in [1.807, 2.05) is 6.07 Å². The summed E-state index contributed by atoms with van der Waals surface area (Å²) in [5.74, 6) is 1.80. The Balaban J connectivity index is 2.14. The van der Waals surface area contributed by atoms with Crippen LogP contribution in [0.15, 0.2) is 12.1 Å². The van der Waals surface area contributed by atoms with Crippen molar-refractivity contribution in [1.82, 2.24) is 5.32 Å². The van der Waals surface area contributed by atoms with Gasteiger partial charge in [0.1, 0.15) is 17.6 Å². The van der Waals surface area contributed by atoms with Crippen LogP contribution in [-0.2, 0) is 6.42 Å². The lowest BCUT2D eigenvalue weighted by atomic mass is 10.0. The van der Waals surface area contributed by atoms with Crippen LogP contribution >= 0.6 is 0 Å². The molecule has 118 valence electrons. The molecule has 2 rings (SSSR count). The zero-order valence-corrected chi connectivity index (χ0v) is 12.9. The normalized spacial score (nSPS) is 18.2. The number of ether oxygens (including phenoxy) is 2. The smallest absolute Gasteiger partial charge is 0.124 e. The van der Waals surface area contributed by atoms with Crippen molar-refractivity contribution in [2.45, 2.75) is 38.3 Å². The maximum absolute atomic E-state index is 8.83. The molecule has 1 aromatic carbocycles. The van der Waals surface area contributed by atoms with Gasteiger partial charge in [-0.3, -0.25) is 0 Å². The maximum atomic E-state index is 8.83. The minimum absolute atomic E-state index is 0.0310. The highest BCUT2D eigenvalue weighted by Gasteiger charge is 2.24. The number of fused-ring (bicyclic) bond motifs is 1. The van der Waals surface area contributed by atoms with Crippen LogP contribution < -0.4 is 20.5 Å². The fourth-order valence-electron chi connectivity index (χ4n) is 2.74. The molecule has 0 aromatic heterocycles. The van der Waals surface area contributed by atoms with Crippen molar-refractivity contribution in [2.75, 3.05) is 26.8 Å². The molecule has 2 atom stereocenters. The number of aliphatic hydroxyl groups excluding tert-OH is 1. The minimum Gasteiger partial charge on any atom is -0.496 e. The molecule has 1 heterocycles. The van der Waals surface area contributed by atoms with Crippen molar-refractivity contribution in [3.8, 4) is 11.5 Å². The van der Waals surface area contributed by atoms with Crippen molar-refractivity contribution in [1.29, 1.82) is 0 Å². The third-order valence-corrected chi connectivity index (χ3v) is 3.84. The number of hydrogen-bond donors (Lipinski definition) is 3. The first-order chi connectivity index (χ1) is 10.2. The molecule has 0 saturated heterocycles. The highest BCUT2D eigenvalue weighted by molar-refractivity contribution is 5.50. The van der Waals surface area contributed by atoms with Crippen molar-refractivity contribution in [3.63, 3.8) is 0 Å². The Morgan fingerprint density at radius 3 is 2.95 bits per heavy atom. The summed E-state index contributed by atoms with van der Waals surface area (Å²) >= 11 is 0. The first-order valence-corrected chi connectivity index (χ1v) is 7.61. The van der Waals surface area contributed by atoms with E-state index in [9.17, 15) is 0 Å². The number of nitrogens with two attached hydrogens (primary N) is 1. The van der Waals surface area contributed by atoms with E-state index in [1.54, 1.807) is 7.11 Å². The Kier molecular flexibility index (Phi) is 5.85. The van der Waals surface area contributed by atoms with Gasteiger partial charge >= 0.3 is 0 Å². The predicted octanol–water partition coefficient (Wildman–Crippen LogP) is 1.38. The summed E-state index contributed by atoms with van der Waals surface area (Å²) in [5, 5.41) is 12.3. The highest BCUT2D eigenvalue weighted by Crippen LogP contribution is 2.37. The molecular formula is C16H26N2O3. The van der Waals surface area contributed by atoms with Crippen LogP contribution in [0.5, 0.6) is 11.5 Å². The summed E-state index contributed by atoms with van der Waals surface area (Å²) in [6.07, 6.45) is 2.86. The predicted molar refractivity (Wildman–Crippen MR) is 82.9 cm³/mol. The molecule has 0 amide bonds. The van der Waals surface area contributed by atoms with Gasteiger partial charge in [0.05, 0.1) is 7.11 Å². The number of benzene rings is 1. The average molecular weight is 294 g/mol. The van der Waals surface area contributed by atoms with E-state index < -0.39 is 0 Å². The molecule has 0 saturated carbocycles. The van der Waals surface area contributed by atoms with E-state index in [2.05, 4.69) is 18.3 Å². The third-order valence-electron chi connectivity index (χ3n) is 3.84. The van der Waals surface area contributed by atoms with Gasteiger partial charge in [-0.2, -0.15) is 0 Å². The zero-order chi connectivity index (χ0) is 15.2. The molecule has 0 aliphatic carbocycles. The molecule has 4 N–H and O–H groups in total. The molecular weight excluding hydrogens is 268 g/mol. The fraction of sp³-hybridized carbons (Fsp3) is 0.625. The van der Waals surface area contributed by atoms with E-state index >= 15 is 0 Å². The Bertz CT molecular complexity index is 465.